The molecule has 3 N–H and O–H groups in total. The molecule has 0 bridgehead atoms. The highest BCUT2D eigenvalue weighted by molar-refractivity contribution is 7.17. The van der Waals surface area contributed by atoms with E-state index in [1.165, 1.54) is 29.5 Å². The smallest absolute Gasteiger partial charge is 0.338 e. The highest BCUT2D eigenvalue weighted by Gasteiger charge is 2.37. The first-order valence-electron chi connectivity index (χ1n) is 12.8. The van der Waals surface area contributed by atoms with Gasteiger partial charge < -0.3 is 20.5 Å². The Hall–Kier alpha value is -4.51. The number of anilines is 2. The summed E-state index contributed by atoms with van der Waals surface area (Å²) in [5, 5.41) is 3.00. The summed E-state index contributed by atoms with van der Waals surface area (Å²) in [5.74, 6) is -2.09. The summed E-state index contributed by atoms with van der Waals surface area (Å²) in [4.78, 5) is 65.5. The van der Waals surface area contributed by atoms with Gasteiger partial charge in [0.25, 0.3) is 23.6 Å². The fourth-order valence-corrected chi connectivity index (χ4v) is 6.37. The molecular formula is C29H27N3O7S. The van der Waals surface area contributed by atoms with Gasteiger partial charge in [0.05, 0.1) is 34.5 Å². The van der Waals surface area contributed by atoms with Crippen molar-refractivity contribution in [3.05, 3.63) is 75.2 Å². The minimum atomic E-state index is -0.841. The maximum absolute atomic E-state index is 13.1. The van der Waals surface area contributed by atoms with Gasteiger partial charge in [-0.15, -0.1) is 11.3 Å². The maximum atomic E-state index is 13.1. The molecule has 3 aromatic rings. The van der Waals surface area contributed by atoms with E-state index < -0.39 is 36.2 Å². The number of carbonyl (C=O) groups excluding carboxylic acids is 5. The summed E-state index contributed by atoms with van der Waals surface area (Å²) in [6.45, 7) is 3.85. The Morgan fingerprint density at radius 3 is 2.50 bits per heavy atom. The number of nitrogens with two attached hydrogens (primary N) is 1. The molecule has 0 unspecified atom stereocenters. The topological polar surface area (TPSA) is 145 Å². The number of hydrogen-bond donors (Lipinski definition) is 2. The summed E-state index contributed by atoms with van der Waals surface area (Å²) in [7, 11) is 0. The molecule has 5 rings (SSSR count). The average Bonchev–Trinajstić information content (AvgIpc) is 3.41. The van der Waals surface area contributed by atoms with Gasteiger partial charge in [0, 0.05) is 4.88 Å². The number of amides is 4. The van der Waals surface area contributed by atoms with Crippen molar-refractivity contribution in [1.29, 1.82) is 0 Å². The van der Waals surface area contributed by atoms with Crippen molar-refractivity contribution in [3.8, 4) is 5.75 Å². The molecule has 2 aromatic carbocycles. The molecule has 40 heavy (non-hydrogen) atoms. The Morgan fingerprint density at radius 2 is 1.80 bits per heavy atom. The van der Waals surface area contributed by atoms with E-state index in [0.717, 1.165) is 28.2 Å². The monoisotopic (exact) mass is 561 g/mol. The second-order valence-corrected chi connectivity index (χ2v) is 10.8. The van der Waals surface area contributed by atoms with Gasteiger partial charge in [-0.05, 0) is 80.1 Å². The van der Waals surface area contributed by atoms with Gasteiger partial charge in [-0.2, -0.15) is 0 Å². The molecular weight excluding hydrogens is 534 g/mol. The van der Waals surface area contributed by atoms with E-state index in [2.05, 4.69) is 12.2 Å². The Kier molecular flexibility index (Phi) is 7.40. The summed E-state index contributed by atoms with van der Waals surface area (Å²) < 4.78 is 10.6. The number of nitrogens with zero attached hydrogens (tertiary/aromatic N) is 1. The van der Waals surface area contributed by atoms with Gasteiger partial charge in [0.15, 0.2) is 6.61 Å². The number of ether oxygens (including phenoxy) is 2. The number of nitrogens with one attached hydrogen (secondary N) is 1. The van der Waals surface area contributed by atoms with Crippen LogP contribution in [-0.4, -0.2) is 42.8 Å². The number of esters is 1. The fraction of sp³-hybridized carbons (Fsp3) is 0.276. The van der Waals surface area contributed by atoms with Crippen LogP contribution >= 0.6 is 11.3 Å². The summed E-state index contributed by atoms with van der Waals surface area (Å²) in [5.41, 5.74) is 7.38. The summed E-state index contributed by atoms with van der Waals surface area (Å²) in [6, 6.07) is 10.6. The zero-order valence-corrected chi connectivity index (χ0v) is 22.8. The lowest BCUT2D eigenvalue weighted by atomic mass is 9.88. The molecule has 4 amide bonds. The molecule has 0 saturated heterocycles. The Balaban J connectivity index is 1.25. The van der Waals surface area contributed by atoms with Crippen LogP contribution in [0.25, 0.3) is 0 Å². The number of hydrogen-bond acceptors (Lipinski definition) is 8. The predicted molar refractivity (Wildman–Crippen MR) is 148 cm³/mol. The number of benzene rings is 2. The highest BCUT2D eigenvalue weighted by atomic mass is 32.1. The van der Waals surface area contributed by atoms with E-state index in [-0.39, 0.29) is 16.7 Å². The van der Waals surface area contributed by atoms with Gasteiger partial charge in [-0.25, -0.2) is 9.69 Å². The van der Waals surface area contributed by atoms with Gasteiger partial charge in [-0.3, -0.25) is 19.2 Å². The van der Waals surface area contributed by atoms with Crippen LogP contribution in [0.5, 0.6) is 5.75 Å². The van der Waals surface area contributed by atoms with Gasteiger partial charge in [0.1, 0.15) is 10.8 Å². The van der Waals surface area contributed by atoms with E-state index >= 15 is 0 Å². The van der Waals surface area contributed by atoms with Crippen molar-refractivity contribution >= 4 is 51.6 Å². The van der Waals surface area contributed by atoms with Crippen molar-refractivity contribution in [2.75, 3.05) is 23.4 Å². The van der Waals surface area contributed by atoms with Crippen LogP contribution in [0.4, 0.5) is 10.7 Å². The molecule has 2 aliphatic rings. The minimum Gasteiger partial charge on any atom is -0.494 e. The molecule has 10 nitrogen and oxygen atoms in total. The molecule has 0 radical (unpaired) electrons. The Labute approximate surface area is 234 Å². The Bertz CT molecular complexity index is 1540. The quantitative estimate of drug-likeness (QED) is 0.313. The van der Waals surface area contributed by atoms with E-state index in [1.807, 2.05) is 6.92 Å². The van der Waals surface area contributed by atoms with Crippen LogP contribution in [0.15, 0.2) is 42.5 Å². The van der Waals surface area contributed by atoms with Crippen LogP contribution < -0.4 is 20.7 Å². The van der Waals surface area contributed by atoms with Gasteiger partial charge in [-0.1, -0.05) is 6.92 Å². The van der Waals surface area contributed by atoms with Crippen LogP contribution in [0.2, 0.25) is 0 Å². The molecule has 1 aromatic heterocycles. The van der Waals surface area contributed by atoms with Gasteiger partial charge >= 0.3 is 5.97 Å². The number of rotatable bonds is 8. The number of primary amides is 1. The summed E-state index contributed by atoms with van der Waals surface area (Å²) >= 11 is 1.31. The van der Waals surface area contributed by atoms with E-state index in [9.17, 15) is 24.0 Å². The molecule has 2 heterocycles. The zero-order chi connectivity index (χ0) is 28.6. The van der Waals surface area contributed by atoms with Crippen LogP contribution in [0.3, 0.4) is 0 Å². The standard InChI is InChI=1S/C29H27N3O7S/c1-3-38-18-8-6-17(7-9-18)32-27(35)19-11-5-16(13-21(19)28(32)36)29(37)39-14-23(33)31-26-24(25(30)34)20-10-4-15(2)12-22(20)40-26/h5-9,11,13,15H,3-4,10,12,14H2,1-2H3,(H2,30,34)(H,31,33)/t15-/m1/s1. The molecule has 1 aliphatic carbocycles. The number of imide groups is 1. The second-order valence-electron chi connectivity index (χ2n) is 9.68. The predicted octanol–water partition coefficient (Wildman–Crippen LogP) is 3.97. The van der Waals surface area contributed by atoms with Crippen molar-refractivity contribution in [1.82, 2.24) is 0 Å². The SMILES string of the molecule is CCOc1ccc(N2C(=O)c3ccc(C(=O)OCC(=O)Nc4sc5c(c4C(N)=O)CC[C@@H](C)C5)cc3C2=O)cc1. The molecule has 1 aliphatic heterocycles. The molecule has 206 valence electrons. The third-order valence-electron chi connectivity index (χ3n) is 6.87. The first-order chi connectivity index (χ1) is 19.2. The van der Waals surface area contributed by atoms with Crippen LogP contribution in [-0.2, 0) is 22.4 Å². The van der Waals surface area contributed by atoms with Crippen molar-refractivity contribution in [3.63, 3.8) is 0 Å². The number of carbonyl (C=O) groups is 5. The van der Waals surface area contributed by atoms with Crippen molar-refractivity contribution < 1.29 is 33.4 Å². The second kappa shape index (κ2) is 10.9. The van der Waals surface area contributed by atoms with E-state index in [0.29, 0.717) is 40.9 Å². The molecule has 0 saturated carbocycles. The molecule has 0 fully saturated rings. The highest BCUT2D eigenvalue weighted by Crippen LogP contribution is 2.39. The van der Waals surface area contributed by atoms with Crippen molar-refractivity contribution in [2.24, 2.45) is 11.7 Å². The lowest BCUT2D eigenvalue weighted by molar-refractivity contribution is -0.119. The maximum Gasteiger partial charge on any atom is 0.338 e. The van der Waals surface area contributed by atoms with E-state index in [4.69, 9.17) is 15.2 Å². The summed E-state index contributed by atoms with van der Waals surface area (Å²) in [6.07, 6.45) is 2.45. The average molecular weight is 562 g/mol. The van der Waals surface area contributed by atoms with Gasteiger partial charge in [0.2, 0.25) is 0 Å². The number of fused-ring (bicyclic) bond motifs is 2. The molecule has 1 atom stereocenters. The number of thiophene rings is 1. The third-order valence-corrected chi connectivity index (χ3v) is 8.04. The normalized spacial score (nSPS) is 15.8. The van der Waals surface area contributed by atoms with Crippen LogP contribution in [0.1, 0.15) is 72.1 Å². The molecule has 11 heteroatoms. The first-order valence-corrected chi connectivity index (χ1v) is 13.7. The lowest BCUT2D eigenvalue weighted by Gasteiger charge is -2.18. The molecule has 0 spiro atoms. The lowest BCUT2D eigenvalue weighted by Crippen LogP contribution is -2.29. The minimum absolute atomic E-state index is 0.0136. The zero-order valence-electron chi connectivity index (χ0n) is 21.9. The van der Waals surface area contributed by atoms with Crippen molar-refractivity contribution in [2.45, 2.75) is 33.1 Å². The first kappa shape index (κ1) is 27.1. The fourth-order valence-electron chi connectivity index (χ4n) is 4.94. The van der Waals surface area contributed by atoms with E-state index in [1.54, 1.807) is 24.3 Å². The van der Waals surface area contributed by atoms with Crippen LogP contribution in [0, 0.1) is 5.92 Å². The largest absolute Gasteiger partial charge is 0.494 e. The third kappa shape index (κ3) is 5.07. The Morgan fingerprint density at radius 1 is 1.07 bits per heavy atom.